The lowest BCUT2D eigenvalue weighted by molar-refractivity contribution is -0.128. The fourth-order valence-corrected chi connectivity index (χ4v) is 3.90. The van der Waals surface area contributed by atoms with E-state index in [4.69, 9.17) is 4.98 Å². The Kier molecular flexibility index (Phi) is 4.57. The first-order valence-electron chi connectivity index (χ1n) is 8.32. The summed E-state index contributed by atoms with van der Waals surface area (Å²) in [5, 5.41) is 4.22. The summed E-state index contributed by atoms with van der Waals surface area (Å²) in [5.74, 6) is 0.636. The maximum absolute atomic E-state index is 12.0. The minimum absolute atomic E-state index is 0.134. The van der Waals surface area contributed by atoms with Crippen LogP contribution in [0.15, 0.2) is 24.3 Å². The number of hydrogen-bond acceptors (Lipinski definition) is 4. The molecule has 0 spiro atoms. The van der Waals surface area contributed by atoms with E-state index in [1.807, 2.05) is 26.8 Å². The number of nitrogens with one attached hydrogen (secondary N) is 1. The van der Waals surface area contributed by atoms with Gasteiger partial charge in [0, 0.05) is 25.0 Å². The maximum Gasteiger partial charge on any atom is 0.225 e. The lowest BCUT2D eigenvalue weighted by atomic mass is 9.94. The zero-order valence-electron chi connectivity index (χ0n) is 14.1. The van der Waals surface area contributed by atoms with Gasteiger partial charge in [0.1, 0.15) is 0 Å². The number of piperidine rings is 1. The molecule has 1 N–H and O–H groups in total. The molecule has 1 amide bonds. The third-order valence-electron chi connectivity index (χ3n) is 4.30. The fraction of sp³-hybridized carbons (Fsp3) is 0.556. The number of hydrogen-bond donors (Lipinski definition) is 1. The predicted molar refractivity (Wildman–Crippen MR) is 97.0 cm³/mol. The van der Waals surface area contributed by atoms with Gasteiger partial charge in [0.25, 0.3) is 0 Å². The minimum Gasteiger partial charge on any atom is -0.355 e. The summed E-state index contributed by atoms with van der Waals surface area (Å²) in [7, 11) is 0. The van der Waals surface area contributed by atoms with Gasteiger partial charge >= 0.3 is 0 Å². The van der Waals surface area contributed by atoms with Gasteiger partial charge in [-0.15, -0.1) is 0 Å². The van der Waals surface area contributed by atoms with Crippen LogP contribution in [0.4, 0.5) is 5.13 Å². The van der Waals surface area contributed by atoms with Crippen molar-refractivity contribution in [2.24, 2.45) is 11.3 Å². The second-order valence-corrected chi connectivity index (χ2v) is 8.39. The summed E-state index contributed by atoms with van der Waals surface area (Å²) >= 11 is 1.76. The maximum atomic E-state index is 12.0. The van der Waals surface area contributed by atoms with Crippen LogP contribution in [0.5, 0.6) is 0 Å². The van der Waals surface area contributed by atoms with Gasteiger partial charge in [-0.25, -0.2) is 4.98 Å². The van der Waals surface area contributed by atoms with Crippen molar-refractivity contribution in [3.8, 4) is 0 Å². The van der Waals surface area contributed by atoms with Gasteiger partial charge in [-0.05, 0) is 30.9 Å². The Hall–Kier alpha value is -1.62. The second kappa shape index (κ2) is 6.48. The largest absolute Gasteiger partial charge is 0.355 e. The number of benzene rings is 1. The number of aromatic nitrogens is 1. The van der Waals surface area contributed by atoms with Crippen LogP contribution in [-0.4, -0.2) is 30.5 Å². The Morgan fingerprint density at radius 3 is 2.91 bits per heavy atom. The normalized spacial score (nSPS) is 19.1. The highest BCUT2D eigenvalue weighted by molar-refractivity contribution is 7.22. The Labute approximate surface area is 141 Å². The zero-order chi connectivity index (χ0) is 16.4. The van der Waals surface area contributed by atoms with Gasteiger partial charge in [0.2, 0.25) is 5.91 Å². The number of carbonyl (C=O) groups is 1. The molecule has 1 unspecified atom stereocenters. The molecule has 3 rings (SSSR count). The van der Waals surface area contributed by atoms with Gasteiger partial charge in [-0.1, -0.05) is 44.2 Å². The van der Waals surface area contributed by atoms with E-state index in [0.717, 1.165) is 36.7 Å². The molecular weight excluding hydrogens is 306 g/mol. The van der Waals surface area contributed by atoms with Crippen molar-refractivity contribution in [2.75, 3.05) is 24.5 Å². The van der Waals surface area contributed by atoms with Gasteiger partial charge < -0.3 is 10.2 Å². The number of para-hydroxylation sites is 1. The number of anilines is 1. The van der Waals surface area contributed by atoms with Crippen molar-refractivity contribution in [1.82, 2.24) is 10.3 Å². The molecule has 4 nitrogen and oxygen atoms in total. The molecule has 0 bridgehead atoms. The number of nitrogens with zero attached hydrogens (tertiary/aromatic N) is 2. The van der Waals surface area contributed by atoms with Crippen LogP contribution in [0.3, 0.4) is 0 Å². The molecule has 2 aromatic rings. The van der Waals surface area contributed by atoms with E-state index in [0.29, 0.717) is 5.92 Å². The topological polar surface area (TPSA) is 45.2 Å². The predicted octanol–water partition coefficient (Wildman–Crippen LogP) is 3.68. The number of fused-ring (bicyclic) bond motifs is 1. The Bertz CT molecular complexity index is 656. The van der Waals surface area contributed by atoms with Crippen molar-refractivity contribution in [3.05, 3.63) is 24.3 Å². The van der Waals surface area contributed by atoms with Crippen molar-refractivity contribution in [1.29, 1.82) is 0 Å². The van der Waals surface area contributed by atoms with E-state index in [1.54, 1.807) is 11.3 Å². The summed E-state index contributed by atoms with van der Waals surface area (Å²) in [6, 6.07) is 8.29. The number of amides is 1. The zero-order valence-corrected chi connectivity index (χ0v) is 14.9. The summed E-state index contributed by atoms with van der Waals surface area (Å²) in [6.45, 7) is 8.66. The molecule has 1 aliphatic heterocycles. The smallest absolute Gasteiger partial charge is 0.225 e. The fourth-order valence-electron chi connectivity index (χ4n) is 2.90. The van der Waals surface area contributed by atoms with Crippen LogP contribution in [0, 0.1) is 11.3 Å². The highest BCUT2D eigenvalue weighted by atomic mass is 32.1. The summed E-state index contributed by atoms with van der Waals surface area (Å²) in [4.78, 5) is 19.2. The average molecular weight is 331 g/mol. The molecular formula is C18H25N3OS. The SMILES string of the molecule is CC(C)(C)C(=O)NCC1CCCN(c2nc3ccccc3s2)C1. The lowest BCUT2D eigenvalue weighted by Gasteiger charge is -2.33. The van der Waals surface area contributed by atoms with Crippen LogP contribution in [0.2, 0.25) is 0 Å². The van der Waals surface area contributed by atoms with Gasteiger partial charge in [0.15, 0.2) is 5.13 Å². The van der Waals surface area contributed by atoms with Crippen molar-refractivity contribution < 1.29 is 4.79 Å². The first kappa shape index (κ1) is 16.2. The summed E-state index contributed by atoms with van der Waals surface area (Å²) in [6.07, 6.45) is 2.33. The molecule has 0 radical (unpaired) electrons. The molecule has 2 heterocycles. The lowest BCUT2D eigenvalue weighted by Crippen LogP contribution is -2.43. The van der Waals surface area contributed by atoms with Crippen LogP contribution in [0.1, 0.15) is 33.6 Å². The van der Waals surface area contributed by atoms with Gasteiger partial charge in [-0.2, -0.15) is 0 Å². The first-order valence-corrected chi connectivity index (χ1v) is 9.14. The van der Waals surface area contributed by atoms with Crippen LogP contribution < -0.4 is 10.2 Å². The Morgan fingerprint density at radius 1 is 1.39 bits per heavy atom. The van der Waals surface area contributed by atoms with Crippen LogP contribution >= 0.6 is 11.3 Å². The molecule has 23 heavy (non-hydrogen) atoms. The minimum atomic E-state index is -0.318. The van der Waals surface area contributed by atoms with Gasteiger partial charge in [-0.3, -0.25) is 4.79 Å². The van der Waals surface area contributed by atoms with Crippen molar-refractivity contribution in [2.45, 2.75) is 33.6 Å². The summed E-state index contributed by atoms with van der Waals surface area (Å²) in [5.41, 5.74) is 0.761. The van der Waals surface area contributed by atoms with Crippen LogP contribution in [0.25, 0.3) is 10.2 Å². The Morgan fingerprint density at radius 2 is 2.17 bits per heavy atom. The molecule has 124 valence electrons. The monoisotopic (exact) mass is 331 g/mol. The van der Waals surface area contributed by atoms with Crippen LogP contribution in [-0.2, 0) is 4.79 Å². The average Bonchev–Trinajstić information content (AvgIpc) is 2.96. The molecule has 1 aromatic heterocycles. The molecule has 0 saturated carbocycles. The molecule has 1 saturated heterocycles. The quantitative estimate of drug-likeness (QED) is 0.933. The number of rotatable bonds is 3. The highest BCUT2D eigenvalue weighted by Gasteiger charge is 2.25. The van der Waals surface area contributed by atoms with E-state index >= 15 is 0 Å². The third kappa shape index (κ3) is 3.83. The highest BCUT2D eigenvalue weighted by Crippen LogP contribution is 2.31. The third-order valence-corrected chi connectivity index (χ3v) is 5.40. The summed E-state index contributed by atoms with van der Waals surface area (Å²) < 4.78 is 1.24. The van der Waals surface area contributed by atoms with E-state index in [2.05, 4.69) is 28.4 Å². The Balaban J connectivity index is 1.63. The molecule has 1 fully saturated rings. The molecule has 5 heteroatoms. The van der Waals surface area contributed by atoms with E-state index < -0.39 is 0 Å². The first-order chi connectivity index (χ1) is 10.9. The number of carbonyl (C=O) groups excluding carboxylic acids is 1. The molecule has 1 aromatic carbocycles. The molecule has 1 aliphatic rings. The standard InChI is InChI=1S/C18H25N3OS/c1-18(2,3)16(22)19-11-13-7-6-10-21(12-13)17-20-14-8-4-5-9-15(14)23-17/h4-5,8-9,13H,6-7,10-12H2,1-3H3,(H,19,22). The van der Waals surface area contributed by atoms with Gasteiger partial charge in [0.05, 0.1) is 10.2 Å². The van der Waals surface area contributed by atoms with E-state index in [1.165, 1.54) is 11.1 Å². The van der Waals surface area contributed by atoms with Crippen molar-refractivity contribution in [3.63, 3.8) is 0 Å². The van der Waals surface area contributed by atoms with E-state index in [9.17, 15) is 4.79 Å². The number of thiazole rings is 1. The molecule has 0 aliphatic carbocycles. The van der Waals surface area contributed by atoms with E-state index in [-0.39, 0.29) is 11.3 Å². The van der Waals surface area contributed by atoms with Crippen molar-refractivity contribution >= 4 is 32.6 Å². The molecule has 1 atom stereocenters. The second-order valence-electron chi connectivity index (χ2n) is 7.38.